The van der Waals surface area contributed by atoms with Crippen LogP contribution in [-0.2, 0) is 6.54 Å². The van der Waals surface area contributed by atoms with Gasteiger partial charge < -0.3 is 5.32 Å². The molecule has 1 fully saturated rings. The molecule has 1 aliphatic rings. The topological polar surface area (TPSA) is 15.3 Å². The smallest absolute Gasteiger partial charge is 0.0551 e. The quantitative estimate of drug-likeness (QED) is 0.920. The normalized spacial score (nSPS) is 20.8. The second-order valence-corrected chi connectivity index (χ2v) is 5.93. The van der Waals surface area contributed by atoms with E-state index in [9.17, 15) is 0 Å². The maximum Gasteiger partial charge on any atom is 0.0551 e. The van der Waals surface area contributed by atoms with E-state index in [1.165, 1.54) is 18.4 Å². The zero-order chi connectivity index (χ0) is 12.3. The molecule has 0 amide bonds. The first kappa shape index (κ1) is 13.3. The Morgan fingerprint density at radius 3 is 3.00 bits per heavy atom. The summed E-state index contributed by atoms with van der Waals surface area (Å²) < 4.78 is 0.963. The summed E-state index contributed by atoms with van der Waals surface area (Å²) in [6.07, 6.45) is 2.56. The third kappa shape index (κ3) is 3.68. The van der Waals surface area contributed by atoms with Crippen molar-refractivity contribution in [1.29, 1.82) is 0 Å². The Morgan fingerprint density at radius 1 is 1.53 bits per heavy atom. The van der Waals surface area contributed by atoms with Crippen LogP contribution in [0.1, 0.15) is 18.4 Å². The molecule has 0 bridgehead atoms. The van der Waals surface area contributed by atoms with Gasteiger partial charge in [0.15, 0.2) is 0 Å². The fraction of sp³-hybridized carbons (Fsp3) is 0.538. The fourth-order valence-electron chi connectivity index (χ4n) is 2.26. The van der Waals surface area contributed by atoms with Crippen LogP contribution >= 0.6 is 27.5 Å². The number of rotatable bonds is 3. The van der Waals surface area contributed by atoms with Crippen LogP contribution < -0.4 is 5.32 Å². The molecule has 94 valence electrons. The number of nitrogens with one attached hydrogen (secondary N) is 1. The molecule has 0 saturated carbocycles. The lowest BCUT2D eigenvalue weighted by Crippen LogP contribution is -2.43. The molecule has 0 spiro atoms. The Kier molecular flexibility index (Phi) is 4.86. The van der Waals surface area contributed by atoms with Crippen LogP contribution in [0.2, 0.25) is 5.02 Å². The number of nitrogens with zero attached hydrogens (tertiary/aromatic N) is 1. The highest BCUT2D eigenvalue weighted by molar-refractivity contribution is 9.10. The Hall–Kier alpha value is -0.0900. The maximum atomic E-state index is 6.11. The maximum absolute atomic E-state index is 6.11. The van der Waals surface area contributed by atoms with Crippen LogP contribution in [-0.4, -0.2) is 31.1 Å². The van der Waals surface area contributed by atoms with Gasteiger partial charge in [-0.05, 0) is 60.1 Å². The van der Waals surface area contributed by atoms with Gasteiger partial charge in [-0.15, -0.1) is 0 Å². The molecule has 1 unspecified atom stereocenters. The summed E-state index contributed by atoms with van der Waals surface area (Å²) in [5.41, 5.74) is 1.27. The van der Waals surface area contributed by atoms with E-state index in [0.717, 1.165) is 29.1 Å². The molecule has 1 heterocycles. The van der Waals surface area contributed by atoms with Crippen LogP contribution in [0, 0.1) is 0 Å². The van der Waals surface area contributed by atoms with E-state index in [-0.39, 0.29) is 0 Å². The van der Waals surface area contributed by atoms with Crippen molar-refractivity contribution in [2.45, 2.75) is 25.4 Å². The second-order valence-electron chi connectivity index (χ2n) is 4.66. The number of hydrogen-bond donors (Lipinski definition) is 1. The highest BCUT2D eigenvalue weighted by Gasteiger charge is 2.17. The average Bonchev–Trinajstić information content (AvgIpc) is 2.35. The molecule has 1 aliphatic heterocycles. The average molecular weight is 318 g/mol. The molecule has 1 aromatic carbocycles. The zero-order valence-corrected chi connectivity index (χ0v) is 12.4. The Balaban J connectivity index is 1.96. The lowest BCUT2D eigenvalue weighted by Gasteiger charge is -2.31. The summed E-state index contributed by atoms with van der Waals surface area (Å²) in [5.74, 6) is 0. The van der Waals surface area contributed by atoms with Crippen molar-refractivity contribution in [1.82, 2.24) is 10.2 Å². The minimum absolute atomic E-state index is 0.645. The van der Waals surface area contributed by atoms with Gasteiger partial charge in [-0.1, -0.05) is 17.7 Å². The Bertz CT molecular complexity index is 378. The first-order chi connectivity index (χ1) is 8.16. The van der Waals surface area contributed by atoms with E-state index in [0.29, 0.717) is 6.04 Å². The van der Waals surface area contributed by atoms with Crippen LogP contribution in [0.5, 0.6) is 0 Å². The van der Waals surface area contributed by atoms with Crippen molar-refractivity contribution in [3.63, 3.8) is 0 Å². The van der Waals surface area contributed by atoms with Gasteiger partial charge in [0, 0.05) is 23.6 Å². The van der Waals surface area contributed by atoms with Crippen molar-refractivity contribution in [2.75, 3.05) is 20.1 Å². The van der Waals surface area contributed by atoms with Crippen molar-refractivity contribution >= 4 is 27.5 Å². The van der Waals surface area contributed by atoms with Crippen LogP contribution in [0.15, 0.2) is 22.7 Å². The lowest BCUT2D eigenvalue weighted by molar-refractivity contribution is 0.196. The molecule has 2 nitrogen and oxygen atoms in total. The van der Waals surface area contributed by atoms with Gasteiger partial charge in [-0.25, -0.2) is 0 Å². The molecule has 1 N–H and O–H groups in total. The molecule has 1 saturated heterocycles. The van der Waals surface area contributed by atoms with E-state index in [4.69, 9.17) is 11.6 Å². The van der Waals surface area contributed by atoms with Gasteiger partial charge in [0.2, 0.25) is 0 Å². The highest BCUT2D eigenvalue weighted by atomic mass is 79.9. The van der Waals surface area contributed by atoms with Crippen molar-refractivity contribution in [2.24, 2.45) is 0 Å². The standard InChI is InChI=1S/C13H18BrClN2/c1-17(11-3-2-6-16-8-11)9-10-4-5-12(14)13(15)7-10/h4-5,7,11,16H,2-3,6,8-9H2,1H3. The molecule has 4 heteroatoms. The van der Waals surface area contributed by atoms with Gasteiger partial charge in [-0.2, -0.15) is 0 Å². The largest absolute Gasteiger partial charge is 0.315 e. The van der Waals surface area contributed by atoms with Crippen molar-refractivity contribution < 1.29 is 0 Å². The van der Waals surface area contributed by atoms with Crippen LogP contribution in [0.4, 0.5) is 0 Å². The van der Waals surface area contributed by atoms with Crippen molar-refractivity contribution in [3.8, 4) is 0 Å². The third-order valence-electron chi connectivity index (χ3n) is 3.31. The molecule has 2 rings (SSSR count). The predicted molar refractivity (Wildman–Crippen MR) is 76.5 cm³/mol. The molecular formula is C13H18BrClN2. The fourth-order valence-corrected chi connectivity index (χ4v) is 2.71. The van der Waals surface area contributed by atoms with E-state index in [2.05, 4.69) is 39.3 Å². The van der Waals surface area contributed by atoms with E-state index < -0.39 is 0 Å². The molecule has 1 aromatic rings. The van der Waals surface area contributed by atoms with Crippen LogP contribution in [0.25, 0.3) is 0 Å². The summed E-state index contributed by atoms with van der Waals surface area (Å²) in [6, 6.07) is 6.83. The number of hydrogen-bond acceptors (Lipinski definition) is 2. The summed E-state index contributed by atoms with van der Waals surface area (Å²) >= 11 is 9.52. The minimum atomic E-state index is 0.645. The van der Waals surface area contributed by atoms with Crippen molar-refractivity contribution in [3.05, 3.63) is 33.3 Å². The van der Waals surface area contributed by atoms with E-state index in [1.54, 1.807) is 0 Å². The monoisotopic (exact) mass is 316 g/mol. The number of benzene rings is 1. The summed E-state index contributed by atoms with van der Waals surface area (Å²) in [4.78, 5) is 2.41. The first-order valence-electron chi connectivity index (χ1n) is 6.01. The Labute approximate surface area is 116 Å². The minimum Gasteiger partial charge on any atom is -0.315 e. The molecule has 1 atom stereocenters. The lowest BCUT2D eigenvalue weighted by atomic mass is 10.1. The zero-order valence-electron chi connectivity index (χ0n) is 10.0. The van der Waals surface area contributed by atoms with Gasteiger partial charge >= 0.3 is 0 Å². The first-order valence-corrected chi connectivity index (χ1v) is 7.19. The number of halogens is 2. The van der Waals surface area contributed by atoms with Crippen LogP contribution in [0.3, 0.4) is 0 Å². The summed E-state index contributed by atoms with van der Waals surface area (Å²) in [7, 11) is 2.19. The number of likely N-dealkylation sites (N-methyl/N-ethyl adjacent to an activating group) is 1. The highest BCUT2D eigenvalue weighted by Crippen LogP contribution is 2.24. The molecule has 17 heavy (non-hydrogen) atoms. The van der Waals surface area contributed by atoms with Gasteiger partial charge in [0.05, 0.1) is 5.02 Å². The molecule has 0 aromatic heterocycles. The third-order valence-corrected chi connectivity index (χ3v) is 4.54. The molecule has 0 radical (unpaired) electrons. The Morgan fingerprint density at radius 2 is 2.35 bits per heavy atom. The number of piperidine rings is 1. The van der Waals surface area contributed by atoms with E-state index >= 15 is 0 Å². The van der Waals surface area contributed by atoms with Gasteiger partial charge in [-0.3, -0.25) is 4.90 Å². The predicted octanol–water partition coefficient (Wildman–Crippen LogP) is 3.29. The SMILES string of the molecule is CN(Cc1ccc(Br)c(Cl)c1)C1CCCNC1. The van der Waals surface area contributed by atoms with Gasteiger partial charge in [0.1, 0.15) is 0 Å². The van der Waals surface area contributed by atoms with E-state index in [1.807, 2.05) is 12.1 Å². The molecule has 0 aliphatic carbocycles. The van der Waals surface area contributed by atoms with Gasteiger partial charge in [0.25, 0.3) is 0 Å². The molecular weight excluding hydrogens is 300 g/mol. The second kappa shape index (κ2) is 6.19. The summed E-state index contributed by atoms with van der Waals surface area (Å²) in [5, 5.41) is 4.24. The summed E-state index contributed by atoms with van der Waals surface area (Å²) in [6.45, 7) is 3.22.